The quantitative estimate of drug-likeness (QED) is 0.807. The number of anilines is 1. The summed E-state index contributed by atoms with van der Waals surface area (Å²) >= 11 is 1.33. The van der Waals surface area contributed by atoms with Gasteiger partial charge in [-0.2, -0.15) is 0 Å². The standard InChI is InChI=1S/C11H17N3O2S/c1-16-10(15)9-8-13-11(17-9)12-4-7-14-5-2-3-6-14/h8H,2-7H2,1H3,(H,12,13). The Morgan fingerprint density at radius 2 is 2.35 bits per heavy atom. The molecule has 0 radical (unpaired) electrons. The number of nitrogens with zero attached hydrogens (tertiary/aromatic N) is 2. The Morgan fingerprint density at radius 1 is 1.59 bits per heavy atom. The smallest absolute Gasteiger partial charge is 0.349 e. The third-order valence-electron chi connectivity index (χ3n) is 2.80. The molecule has 0 spiro atoms. The molecule has 1 fully saturated rings. The van der Waals surface area contributed by atoms with E-state index in [-0.39, 0.29) is 5.97 Å². The molecule has 0 amide bonds. The SMILES string of the molecule is COC(=O)c1cnc(NCCN2CCCC2)s1. The molecule has 2 rings (SSSR count). The van der Waals surface area contributed by atoms with Crippen molar-refractivity contribution in [2.75, 3.05) is 38.6 Å². The second kappa shape index (κ2) is 5.97. The van der Waals surface area contributed by atoms with Gasteiger partial charge in [-0.25, -0.2) is 9.78 Å². The first-order chi connectivity index (χ1) is 8.29. The predicted octanol–water partition coefficient (Wildman–Crippen LogP) is 1.44. The molecule has 0 unspecified atom stereocenters. The molecule has 1 aliphatic rings. The molecule has 0 aromatic carbocycles. The van der Waals surface area contributed by atoms with E-state index in [1.165, 1.54) is 44.4 Å². The molecule has 2 heterocycles. The Morgan fingerprint density at radius 3 is 3.06 bits per heavy atom. The van der Waals surface area contributed by atoms with Gasteiger partial charge in [0.05, 0.1) is 13.3 Å². The van der Waals surface area contributed by atoms with Crippen molar-refractivity contribution in [1.82, 2.24) is 9.88 Å². The normalized spacial score (nSPS) is 16.1. The average Bonchev–Trinajstić information content (AvgIpc) is 2.99. The molecule has 1 N–H and O–H groups in total. The molecular formula is C11H17N3O2S. The van der Waals surface area contributed by atoms with E-state index < -0.39 is 0 Å². The monoisotopic (exact) mass is 255 g/mol. The topological polar surface area (TPSA) is 54.5 Å². The first-order valence-corrected chi connectivity index (χ1v) is 6.61. The number of ether oxygens (including phenoxy) is 1. The highest BCUT2D eigenvalue weighted by molar-refractivity contribution is 7.17. The maximum absolute atomic E-state index is 11.2. The Hall–Kier alpha value is -1.14. The lowest BCUT2D eigenvalue weighted by Gasteiger charge is -2.13. The lowest BCUT2D eigenvalue weighted by molar-refractivity contribution is 0.0606. The Bertz CT molecular complexity index is 375. The molecule has 0 saturated carbocycles. The summed E-state index contributed by atoms with van der Waals surface area (Å²) in [6.07, 6.45) is 4.17. The van der Waals surface area contributed by atoms with Gasteiger partial charge in [0.2, 0.25) is 0 Å². The van der Waals surface area contributed by atoms with Crippen LogP contribution in [-0.2, 0) is 4.74 Å². The summed E-state index contributed by atoms with van der Waals surface area (Å²) in [5.41, 5.74) is 0. The maximum Gasteiger partial charge on any atom is 0.349 e. The summed E-state index contributed by atoms with van der Waals surface area (Å²) < 4.78 is 4.63. The van der Waals surface area contributed by atoms with Crippen LogP contribution in [0.25, 0.3) is 0 Å². The zero-order valence-electron chi connectivity index (χ0n) is 9.94. The molecule has 5 nitrogen and oxygen atoms in total. The number of nitrogens with one attached hydrogen (secondary N) is 1. The highest BCUT2D eigenvalue weighted by Crippen LogP contribution is 2.18. The van der Waals surface area contributed by atoms with Crippen LogP contribution in [0, 0.1) is 0 Å². The number of aromatic nitrogens is 1. The fraction of sp³-hybridized carbons (Fsp3) is 0.636. The minimum atomic E-state index is -0.324. The number of rotatable bonds is 5. The summed E-state index contributed by atoms with van der Waals surface area (Å²) in [5, 5.41) is 4.01. The van der Waals surface area contributed by atoms with E-state index in [2.05, 4.69) is 19.9 Å². The van der Waals surface area contributed by atoms with Gasteiger partial charge < -0.3 is 15.0 Å². The van der Waals surface area contributed by atoms with Crippen molar-refractivity contribution >= 4 is 22.4 Å². The van der Waals surface area contributed by atoms with Crippen molar-refractivity contribution in [3.63, 3.8) is 0 Å². The van der Waals surface area contributed by atoms with Gasteiger partial charge in [0.25, 0.3) is 0 Å². The van der Waals surface area contributed by atoms with Gasteiger partial charge >= 0.3 is 5.97 Å². The Kier molecular flexibility index (Phi) is 4.33. The van der Waals surface area contributed by atoms with Crippen LogP contribution in [0.4, 0.5) is 5.13 Å². The lowest BCUT2D eigenvalue weighted by atomic mass is 10.4. The van der Waals surface area contributed by atoms with Gasteiger partial charge in [-0.1, -0.05) is 11.3 Å². The number of carbonyl (C=O) groups excluding carboxylic acids is 1. The van der Waals surface area contributed by atoms with E-state index in [9.17, 15) is 4.79 Å². The van der Waals surface area contributed by atoms with Gasteiger partial charge in [-0.3, -0.25) is 0 Å². The third kappa shape index (κ3) is 3.41. The minimum absolute atomic E-state index is 0.324. The number of likely N-dealkylation sites (tertiary alicyclic amines) is 1. The summed E-state index contributed by atoms with van der Waals surface area (Å²) in [5.74, 6) is -0.324. The summed E-state index contributed by atoms with van der Waals surface area (Å²) in [4.78, 5) is 18.3. The predicted molar refractivity (Wildman–Crippen MR) is 67.6 cm³/mol. The fourth-order valence-corrected chi connectivity index (χ4v) is 2.64. The van der Waals surface area contributed by atoms with Crippen molar-refractivity contribution < 1.29 is 9.53 Å². The molecule has 0 bridgehead atoms. The Labute approximate surface area is 105 Å². The molecule has 0 aliphatic carbocycles. The van der Waals surface area contributed by atoms with E-state index >= 15 is 0 Å². The highest BCUT2D eigenvalue weighted by Gasteiger charge is 2.12. The molecule has 94 valence electrons. The lowest BCUT2D eigenvalue weighted by Crippen LogP contribution is -2.25. The largest absolute Gasteiger partial charge is 0.465 e. The van der Waals surface area contributed by atoms with Crippen LogP contribution < -0.4 is 5.32 Å². The second-order valence-corrected chi connectivity index (χ2v) is 5.03. The van der Waals surface area contributed by atoms with Gasteiger partial charge in [0.1, 0.15) is 4.88 Å². The summed E-state index contributed by atoms with van der Waals surface area (Å²) in [7, 11) is 1.38. The van der Waals surface area contributed by atoms with Crippen LogP contribution in [0.1, 0.15) is 22.5 Å². The number of hydrogen-bond acceptors (Lipinski definition) is 6. The van der Waals surface area contributed by atoms with Gasteiger partial charge in [-0.15, -0.1) is 0 Å². The van der Waals surface area contributed by atoms with Crippen molar-refractivity contribution in [3.05, 3.63) is 11.1 Å². The molecular weight excluding hydrogens is 238 g/mol. The zero-order valence-corrected chi connectivity index (χ0v) is 10.8. The van der Waals surface area contributed by atoms with E-state index in [4.69, 9.17) is 0 Å². The van der Waals surface area contributed by atoms with E-state index in [0.717, 1.165) is 18.2 Å². The highest BCUT2D eigenvalue weighted by atomic mass is 32.1. The summed E-state index contributed by atoms with van der Waals surface area (Å²) in [6, 6.07) is 0. The van der Waals surface area contributed by atoms with Gasteiger partial charge in [0, 0.05) is 13.1 Å². The number of methoxy groups -OCH3 is 1. The van der Waals surface area contributed by atoms with Crippen LogP contribution in [0.15, 0.2) is 6.20 Å². The average molecular weight is 255 g/mol. The minimum Gasteiger partial charge on any atom is -0.465 e. The first-order valence-electron chi connectivity index (χ1n) is 5.80. The summed E-state index contributed by atoms with van der Waals surface area (Å²) in [6.45, 7) is 4.31. The van der Waals surface area contributed by atoms with Crippen molar-refractivity contribution in [1.29, 1.82) is 0 Å². The van der Waals surface area contributed by atoms with Crippen LogP contribution in [0.3, 0.4) is 0 Å². The first kappa shape index (κ1) is 12.3. The maximum atomic E-state index is 11.2. The van der Waals surface area contributed by atoms with Crippen molar-refractivity contribution in [2.45, 2.75) is 12.8 Å². The number of hydrogen-bond donors (Lipinski definition) is 1. The van der Waals surface area contributed by atoms with Gasteiger partial charge in [-0.05, 0) is 25.9 Å². The third-order valence-corrected chi connectivity index (χ3v) is 3.73. The number of thiazole rings is 1. The van der Waals surface area contributed by atoms with Crippen molar-refractivity contribution in [3.8, 4) is 0 Å². The molecule has 1 aromatic rings. The van der Waals surface area contributed by atoms with Crippen LogP contribution in [-0.4, -0.2) is 49.1 Å². The molecule has 1 aromatic heterocycles. The second-order valence-electron chi connectivity index (χ2n) is 4.00. The van der Waals surface area contributed by atoms with Crippen LogP contribution in [0.5, 0.6) is 0 Å². The van der Waals surface area contributed by atoms with Crippen LogP contribution in [0.2, 0.25) is 0 Å². The van der Waals surface area contributed by atoms with Crippen molar-refractivity contribution in [2.24, 2.45) is 0 Å². The van der Waals surface area contributed by atoms with E-state index in [0.29, 0.717) is 4.88 Å². The van der Waals surface area contributed by atoms with Crippen LogP contribution >= 0.6 is 11.3 Å². The Balaban J connectivity index is 1.74. The van der Waals surface area contributed by atoms with E-state index in [1.807, 2.05) is 0 Å². The molecule has 0 atom stereocenters. The van der Waals surface area contributed by atoms with E-state index in [1.54, 1.807) is 6.20 Å². The fourth-order valence-electron chi connectivity index (χ4n) is 1.88. The molecule has 1 saturated heterocycles. The number of esters is 1. The number of carbonyl (C=O) groups is 1. The molecule has 17 heavy (non-hydrogen) atoms. The zero-order chi connectivity index (χ0) is 12.1. The molecule has 1 aliphatic heterocycles. The molecule has 6 heteroatoms. The van der Waals surface area contributed by atoms with Gasteiger partial charge in [0.15, 0.2) is 5.13 Å².